The van der Waals surface area contributed by atoms with Gasteiger partial charge in [-0.05, 0) is 18.6 Å². The lowest BCUT2D eigenvalue weighted by molar-refractivity contribution is 0.233. The molecule has 4 N–H and O–H groups in total. The zero-order chi connectivity index (χ0) is 8.97. The molecule has 0 radical (unpaired) electrons. The highest BCUT2D eigenvalue weighted by molar-refractivity contribution is 5.79. The molecule has 0 spiro atoms. The maximum absolute atomic E-state index is 8.34. The van der Waals surface area contributed by atoms with Gasteiger partial charge in [-0.3, -0.25) is 10.2 Å². The van der Waals surface area contributed by atoms with Crippen LogP contribution in [0.1, 0.15) is 5.56 Å². The van der Waals surface area contributed by atoms with Crippen LogP contribution in [0.2, 0.25) is 0 Å². The average Bonchev–Trinajstić information content (AvgIpc) is 2.04. The third kappa shape index (κ3) is 2.21. The van der Waals surface area contributed by atoms with Crippen LogP contribution in [0.25, 0.3) is 0 Å². The third-order valence-electron chi connectivity index (χ3n) is 1.22. The van der Waals surface area contributed by atoms with Crippen LogP contribution in [-0.4, -0.2) is 16.2 Å². The van der Waals surface area contributed by atoms with E-state index in [1.165, 1.54) is 0 Å². The molecule has 12 heavy (non-hydrogen) atoms. The van der Waals surface area contributed by atoms with Gasteiger partial charge < -0.3 is 5.73 Å². The van der Waals surface area contributed by atoms with Crippen LogP contribution in [0.4, 0.5) is 5.69 Å². The van der Waals surface area contributed by atoms with E-state index in [1.54, 1.807) is 23.9 Å². The average molecular weight is 166 g/mol. The second kappa shape index (κ2) is 3.68. The summed E-state index contributed by atoms with van der Waals surface area (Å²) in [4.78, 5) is 7.71. The van der Waals surface area contributed by atoms with E-state index < -0.39 is 0 Å². The number of aliphatic imine (C=N–C) groups is 1. The summed E-state index contributed by atoms with van der Waals surface area (Å²) >= 11 is 0. The first-order valence-corrected chi connectivity index (χ1v) is 3.38. The van der Waals surface area contributed by atoms with Crippen molar-refractivity contribution in [3.63, 3.8) is 0 Å². The molecular formula is C7H10N4O. The Morgan fingerprint density at radius 1 is 1.67 bits per heavy atom. The summed E-state index contributed by atoms with van der Waals surface area (Å²) in [7, 11) is 0. The van der Waals surface area contributed by atoms with E-state index in [4.69, 9.17) is 10.9 Å². The van der Waals surface area contributed by atoms with Gasteiger partial charge in [0.25, 0.3) is 0 Å². The number of nitrogens with two attached hydrogens (primary N) is 1. The molecule has 5 nitrogen and oxygen atoms in total. The molecule has 1 heterocycles. The number of aromatic nitrogens is 1. The number of pyridine rings is 1. The molecule has 0 saturated carbocycles. The van der Waals surface area contributed by atoms with Crippen molar-refractivity contribution in [1.82, 2.24) is 10.5 Å². The molecular weight excluding hydrogens is 156 g/mol. The topological polar surface area (TPSA) is 83.5 Å². The summed E-state index contributed by atoms with van der Waals surface area (Å²) < 4.78 is 0. The minimum Gasteiger partial charge on any atom is -0.368 e. The van der Waals surface area contributed by atoms with Gasteiger partial charge in [-0.2, -0.15) is 0 Å². The van der Waals surface area contributed by atoms with E-state index in [1.807, 2.05) is 6.92 Å². The van der Waals surface area contributed by atoms with Crippen molar-refractivity contribution >= 4 is 11.6 Å². The Morgan fingerprint density at radius 2 is 2.42 bits per heavy atom. The Hall–Kier alpha value is -1.62. The molecule has 0 atom stereocenters. The van der Waals surface area contributed by atoms with Crippen LogP contribution < -0.4 is 11.2 Å². The van der Waals surface area contributed by atoms with E-state index in [0.29, 0.717) is 5.69 Å². The Balaban J connectivity index is 2.89. The fourth-order valence-electron chi connectivity index (χ4n) is 0.764. The van der Waals surface area contributed by atoms with Crippen molar-refractivity contribution in [1.29, 1.82) is 0 Å². The minimum atomic E-state index is -0.0533. The van der Waals surface area contributed by atoms with Gasteiger partial charge in [0.1, 0.15) is 0 Å². The summed E-state index contributed by atoms with van der Waals surface area (Å²) in [5, 5.41) is 8.34. The summed E-state index contributed by atoms with van der Waals surface area (Å²) in [6, 6.07) is 1.80. The van der Waals surface area contributed by atoms with Gasteiger partial charge in [0.2, 0.25) is 5.96 Å². The Morgan fingerprint density at radius 3 is 3.00 bits per heavy atom. The van der Waals surface area contributed by atoms with Crippen molar-refractivity contribution in [2.45, 2.75) is 6.92 Å². The number of hydrogen-bond acceptors (Lipinski definition) is 3. The Kier molecular flexibility index (Phi) is 2.60. The molecule has 0 saturated heterocycles. The number of rotatable bonds is 1. The summed E-state index contributed by atoms with van der Waals surface area (Å²) in [6.45, 7) is 1.90. The number of guanidine groups is 1. The normalized spacial score (nSPS) is 11.3. The van der Waals surface area contributed by atoms with Crippen molar-refractivity contribution in [2.75, 3.05) is 0 Å². The smallest absolute Gasteiger partial charge is 0.218 e. The van der Waals surface area contributed by atoms with E-state index in [2.05, 4.69) is 9.98 Å². The van der Waals surface area contributed by atoms with Crippen molar-refractivity contribution < 1.29 is 5.21 Å². The van der Waals surface area contributed by atoms with Crippen molar-refractivity contribution in [3.05, 3.63) is 24.0 Å². The molecule has 0 aromatic carbocycles. The Labute approximate surface area is 69.9 Å². The minimum absolute atomic E-state index is 0.0533. The summed E-state index contributed by atoms with van der Waals surface area (Å²) in [5.41, 5.74) is 8.54. The van der Waals surface area contributed by atoms with Gasteiger partial charge >= 0.3 is 0 Å². The summed E-state index contributed by atoms with van der Waals surface area (Å²) in [5.74, 6) is -0.0533. The van der Waals surface area contributed by atoms with Crippen molar-refractivity contribution in [2.24, 2.45) is 10.7 Å². The lowest BCUT2D eigenvalue weighted by atomic mass is 10.3. The van der Waals surface area contributed by atoms with E-state index >= 15 is 0 Å². The predicted octanol–water partition coefficient (Wildman–Crippen LogP) is 0.315. The third-order valence-corrected chi connectivity index (χ3v) is 1.22. The lowest BCUT2D eigenvalue weighted by Crippen LogP contribution is -2.27. The van der Waals surface area contributed by atoms with Crippen LogP contribution in [0, 0.1) is 6.92 Å². The van der Waals surface area contributed by atoms with Crippen LogP contribution in [0.3, 0.4) is 0 Å². The second-order valence-electron chi connectivity index (χ2n) is 2.33. The number of nitrogens with zero attached hydrogens (tertiary/aromatic N) is 2. The Bertz CT molecular complexity index is 297. The van der Waals surface area contributed by atoms with Gasteiger partial charge in [0.05, 0.1) is 11.9 Å². The molecule has 1 rings (SSSR count). The molecule has 64 valence electrons. The molecule has 0 aliphatic rings. The molecule has 0 amide bonds. The van der Waals surface area contributed by atoms with E-state index in [-0.39, 0.29) is 5.96 Å². The number of hydrogen-bond donors (Lipinski definition) is 3. The highest BCUT2D eigenvalue weighted by atomic mass is 16.5. The molecule has 1 aromatic rings. The van der Waals surface area contributed by atoms with Crippen LogP contribution >= 0.6 is 0 Å². The second-order valence-corrected chi connectivity index (χ2v) is 2.33. The van der Waals surface area contributed by atoms with Gasteiger partial charge in [0, 0.05) is 6.20 Å². The monoisotopic (exact) mass is 166 g/mol. The lowest BCUT2D eigenvalue weighted by Gasteiger charge is -1.97. The number of aryl methyl sites for hydroxylation is 1. The fraction of sp³-hybridized carbons (Fsp3) is 0.143. The molecule has 1 aromatic heterocycles. The summed E-state index contributed by atoms with van der Waals surface area (Å²) in [6.07, 6.45) is 3.26. The van der Waals surface area contributed by atoms with Gasteiger partial charge in [-0.1, -0.05) is 0 Å². The quantitative estimate of drug-likeness (QED) is 0.318. The first-order valence-electron chi connectivity index (χ1n) is 3.38. The maximum atomic E-state index is 8.34. The molecule has 0 unspecified atom stereocenters. The maximum Gasteiger partial charge on any atom is 0.218 e. The van der Waals surface area contributed by atoms with E-state index in [0.717, 1.165) is 5.56 Å². The largest absolute Gasteiger partial charge is 0.368 e. The molecule has 0 aliphatic carbocycles. The van der Waals surface area contributed by atoms with Gasteiger partial charge in [0.15, 0.2) is 0 Å². The zero-order valence-corrected chi connectivity index (χ0v) is 6.65. The first-order chi connectivity index (χ1) is 5.72. The van der Waals surface area contributed by atoms with E-state index in [9.17, 15) is 0 Å². The van der Waals surface area contributed by atoms with Gasteiger partial charge in [-0.25, -0.2) is 10.5 Å². The highest BCUT2D eigenvalue weighted by Gasteiger charge is 1.91. The number of hydroxylamine groups is 1. The number of nitrogens with one attached hydrogen (secondary N) is 1. The predicted molar refractivity (Wildman–Crippen MR) is 45.2 cm³/mol. The van der Waals surface area contributed by atoms with Crippen molar-refractivity contribution in [3.8, 4) is 0 Å². The molecule has 0 fully saturated rings. The molecule has 0 aliphatic heterocycles. The van der Waals surface area contributed by atoms with Gasteiger partial charge in [-0.15, -0.1) is 0 Å². The van der Waals surface area contributed by atoms with Crippen LogP contribution in [0.15, 0.2) is 23.5 Å². The molecule has 5 heteroatoms. The van der Waals surface area contributed by atoms with Crippen LogP contribution in [0.5, 0.6) is 0 Å². The zero-order valence-electron chi connectivity index (χ0n) is 6.65. The first kappa shape index (κ1) is 8.48. The molecule has 0 bridgehead atoms. The fourth-order valence-corrected chi connectivity index (χ4v) is 0.764. The SMILES string of the molecule is Cc1cncc(N=C(N)NO)c1. The van der Waals surface area contributed by atoms with Crippen LogP contribution in [-0.2, 0) is 0 Å². The standard InChI is InChI=1S/C7H10N4O/c1-5-2-6(4-9-3-5)10-7(8)11-12/h2-4,12H,1H3,(H3,8,10,11). The highest BCUT2D eigenvalue weighted by Crippen LogP contribution is 2.10.